The summed E-state index contributed by atoms with van der Waals surface area (Å²) in [6.45, 7) is 4.65. The topological polar surface area (TPSA) is 108 Å². The molecule has 3 unspecified atom stereocenters. The van der Waals surface area contributed by atoms with Gasteiger partial charge in [0.1, 0.15) is 13.2 Å². The van der Waals surface area contributed by atoms with Crippen molar-refractivity contribution >= 4 is 13.7 Å². The molecule has 0 aliphatic carbocycles. The number of allylic oxidation sites excluding steroid dienone is 5. The molecule has 3 atom stereocenters. The van der Waals surface area contributed by atoms with Crippen molar-refractivity contribution in [2.45, 2.75) is 309 Å². The second-order valence-corrected chi connectivity index (χ2v) is 23.5. The fourth-order valence-corrected chi connectivity index (χ4v) is 9.79. The first kappa shape index (κ1) is 68.7. The van der Waals surface area contributed by atoms with E-state index in [0.717, 1.165) is 44.9 Å². The first-order valence-electron chi connectivity index (χ1n) is 30.4. The first-order valence-corrected chi connectivity index (χ1v) is 31.8. The minimum absolute atomic E-state index is 0.00738. The molecule has 1 amide bonds. The number of amides is 1. The summed E-state index contributed by atoms with van der Waals surface area (Å²) in [6, 6.07) is -0.908. The van der Waals surface area contributed by atoms with Gasteiger partial charge in [-0.1, -0.05) is 281 Å². The number of quaternary nitrogens is 1. The maximum atomic E-state index is 13.0. The molecule has 0 bridgehead atoms. The van der Waals surface area contributed by atoms with Crippen LogP contribution in [0.3, 0.4) is 0 Å². The van der Waals surface area contributed by atoms with Crippen molar-refractivity contribution in [3.05, 3.63) is 36.5 Å². The number of carbonyl (C=O) groups is 1. The molecular weight excluding hydrogens is 888 g/mol. The van der Waals surface area contributed by atoms with E-state index >= 15 is 0 Å². The van der Waals surface area contributed by atoms with Gasteiger partial charge in [-0.05, 0) is 44.9 Å². The van der Waals surface area contributed by atoms with E-state index in [1.807, 2.05) is 27.2 Å². The number of hydrogen-bond acceptors (Lipinski definition) is 6. The van der Waals surface area contributed by atoms with Crippen molar-refractivity contribution in [3.8, 4) is 0 Å². The van der Waals surface area contributed by atoms with Crippen LogP contribution in [0.25, 0.3) is 0 Å². The zero-order chi connectivity index (χ0) is 51.3. The number of phosphoric acid groups is 1. The highest BCUT2D eigenvalue weighted by Gasteiger charge is 2.23. The summed E-state index contributed by atoms with van der Waals surface area (Å²) >= 11 is 0. The third-order valence-corrected chi connectivity index (χ3v) is 14.8. The summed E-state index contributed by atoms with van der Waals surface area (Å²) in [7, 11) is 1.25. The minimum Gasteiger partial charge on any atom is -0.756 e. The number of likely N-dealkylation sites (N-methyl/N-ethyl adjacent to an activating group) is 1. The van der Waals surface area contributed by atoms with E-state index in [2.05, 4.69) is 43.5 Å². The van der Waals surface area contributed by atoms with Crippen molar-refractivity contribution < 1.29 is 32.9 Å². The molecule has 0 spiro atoms. The third kappa shape index (κ3) is 54.5. The van der Waals surface area contributed by atoms with Gasteiger partial charge in [-0.3, -0.25) is 9.36 Å². The molecule has 0 aliphatic heterocycles. The summed E-state index contributed by atoms with van der Waals surface area (Å²) in [5, 5.41) is 13.9. The highest BCUT2D eigenvalue weighted by Crippen LogP contribution is 2.38. The monoisotopic (exact) mass is 1010 g/mol. The van der Waals surface area contributed by atoms with Crippen LogP contribution in [0.4, 0.5) is 0 Å². The Morgan fingerprint density at radius 1 is 0.486 bits per heavy atom. The van der Waals surface area contributed by atoms with E-state index in [1.54, 1.807) is 6.08 Å². The Labute approximate surface area is 436 Å². The molecule has 2 N–H and O–H groups in total. The number of aliphatic hydroxyl groups is 1. The highest BCUT2D eigenvalue weighted by molar-refractivity contribution is 7.45. The lowest BCUT2D eigenvalue weighted by molar-refractivity contribution is -0.870. The quantitative estimate of drug-likeness (QED) is 0.0272. The van der Waals surface area contributed by atoms with Crippen LogP contribution in [0.15, 0.2) is 36.5 Å². The number of rotatable bonds is 56. The average Bonchev–Trinajstić information content (AvgIpc) is 3.32. The lowest BCUT2D eigenvalue weighted by Crippen LogP contribution is -2.45. The summed E-state index contributed by atoms with van der Waals surface area (Å²) in [5.41, 5.74) is 0. The van der Waals surface area contributed by atoms with Gasteiger partial charge in [0, 0.05) is 6.42 Å². The zero-order valence-electron chi connectivity index (χ0n) is 47.2. The highest BCUT2D eigenvalue weighted by atomic mass is 31.2. The summed E-state index contributed by atoms with van der Waals surface area (Å²) in [5.74, 6) is -0.206. The smallest absolute Gasteiger partial charge is 0.268 e. The molecule has 8 nitrogen and oxygen atoms in total. The van der Waals surface area contributed by atoms with Gasteiger partial charge in [-0.2, -0.15) is 0 Å². The van der Waals surface area contributed by atoms with Crippen molar-refractivity contribution in [3.63, 3.8) is 0 Å². The standard InChI is InChI=1S/C61H119N2O6P/c1-6-8-10-12-14-16-18-20-22-24-26-27-28-29-30-31-32-33-34-35-36-37-39-41-43-45-47-49-51-53-55-61(65)62-59(58-69-70(66,67)68-57-56-63(3,4)5)60(64)54-52-50-48-46-44-42-40-38-25-23-21-19-17-15-13-11-9-7-2/h25,38,44,46,52,54,59-60,64H,6-24,26-37,39-43,45,47-51,53,55-58H2,1-5H3,(H-,62,65,66,67)/b38-25+,46-44+,54-52+. The molecule has 0 radical (unpaired) electrons. The molecule has 414 valence electrons. The Morgan fingerprint density at radius 2 is 0.800 bits per heavy atom. The fourth-order valence-electron chi connectivity index (χ4n) is 9.07. The van der Waals surface area contributed by atoms with Crippen LogP contribution in [-0.4, -0.2) is 68.5 Å². The van der Waals surface area contributed by atoms with E-state index in [-0.39, 0.29) is 12.5 Å². The van der Waals surface area contributed by atoms with Crippen LogP contribution >= 0.6 is 7.82 Å². The Morgan fingerprint density at radius 3 is 1.16 bits per heavy atom. The van der Waals surface area contributed by atoms with Gasteiger partial charge in [0.05, 0.1) is 39.9 Å². The molecule has 0 rings (SSSR count). The fraction of sp³-hybridized carbons (Fsp3) is 0.885. The maximum absolute atomic E-state index is 13.0. The normalized spacial score (nSPS) is 14.1. The van der Waals surface area contributed by atoms with Crippen LogP contribution in [-0.2, 0) is 18.4 Å². The molecule has 9 heteroatoms. The van der Waals surface area contributed by atoms with Crippen LogP contribution in [0.5, 0.6) is 0 Å². The molecule has 0 saturated carbocycles. The zero-order valence-corrected chi connectivity index (χ0v) is 48.1. The van der Waals surface area contributed by atoms with Gasteiger partial charge in [0.2, 0.25) is 5.91 Å². The van der Waals surface area contributed by atoms with Gasteiger partial charge >= 0.3 is 0 Å². The van der Waals surface area contributed by atoms with E-state index in [0.29, 0.717) is 17.4 Å². The Bertz CT molecular complexity index is 1230. The number of hydrogen-bond donors (Lipinski definition) is 2. The largest absolute Gasteiger partial charge is 0.756 e. The molecule has 0 fully saturated rings. The second-order valence-electron chi connectivity index (χ2n) is 22.0. The van der Waals surface area contributed by atoms with Gasteiger partial charge in [0.15, 0.2) is 0 Å². The summed E-state index contributed by atoms with van der Waals surface area (Å²) in [6.07, 6.45) is 68.2. The van der Waals surface area contributed by atoms with E-state index in [9.17, 15) is 19.4 Å². The van der Waals surface area contributed by atoms with Gasteiger partial charge < -0.3 is 28.8 Å². The van der Waals surface area contributed by atoms with Gasteiger partial charge in [0.25, 0.3) is 7.82 Å². The molecule has 0 aromatic heterocycles. The van der Waals surface area contributed by atoms with E-state index in [1.165, 1.54) is 231 Å². The number of unbranched alkanes of at least 4 members (excludes halogenated alkanes) is 39. The van der Waals surface area contributed by atoms with E-state index in [4.69, 9.17) is 9.05 Å². The van der Waals surface area contributed by atoms with Crippen molar-refractivity contribution in [2.75, 3.05) is 40.9 Å². The summed E-state index contributed by atoms with van der Waals surface area (Å²) in [4.78, 5) is 25.5. The summed E-state index contributed by atoms with van der Waals surface area (Å²) < 4.78 is 23.3. The van der Waals surface area contributed by atoms with Gasteiger partial charge in [-0.15, -0.1) is 0 Å². The lowest BCUT2D eigenvalue weighted by atomic mass is 10.0. The number of carbonyl (C=O) groups excluding carboxylic acids is 1. The van der Waals surface area contributed by atoms with Crippen molar-refractivity contribution in [1.29, 1.82) is 0 Å². The average molecular weight is 1010 g/mol. The van der Waals surface area contributed by atoms with Crippen molar-refractivity contribution in [2.24, 2.45) is 0 Å². The van der Waals surface area contributed by atoms with Crippen LogP contribution in [0.2, 0.25) is 0 Å². The molecule has 0 aromatic rings. The minimum atomic E-state index is -4.61. The number of nitrogens with one attached hydrogen (secondary N) is 1. The number of nitrogens with zero attached hydrogens (tertiary/aromatic N) is 1. The second kappa shape index (κ2) is 52.6. The van der Waals surface area contributed by atoms with Gasteiger partial charge in [-0.25, -0.2) is 0 Å². The molecular formula is C61H119N2O6P. The predicted molar refractivity (Wildman–Crippen MR) is 302 cm³/mol. The number of aliphatic hydroxyl groups excluding tert-OH is 1. The molecule has 0 aromatic carbocycles. The molecule has 0 heterocycles. The van der Waals surface area contributed by atoms with Crippen LogP contribution in [0, 0.1) is 0 Å². The Balaban J connectivity index is 4.11. The Kier molecular flexibility index (Phi) is 51.6. The van der Waals surface area contributed by atoms with Crippen molar-refractivity contribution in [1.82, 2.24) is 5.32 Å². The van der Waals surface area contributed by atoms with Crippen LogP contribution in [0.1, 0.15) is 296 Å². The van der Waals surface area contributed by atoms with Crippen LogP contribution < -0.4 is 10.2 Å². The Hall–Kier alpha value is -1.28. The first-order chi connectivity index (χ1) is 34.0. The van der Waals surface area contributed by atoms with E-state index < -0.39 is 26.6 Å². The molecule has 0 saturated heterocycles. The number of phosphoric ester groups is 1. The lowest BCUT2D eigenvalue weighted by Gasteiger charge is -2.29. The molecule has 0 aliphatic rings. The maximum Gasteiger partial charge on any atom is 0.268 e. The third-order valence-electron chi connectivity index (χ3n) is 13.8. The molecule has 70 heavy (non-hydrogen) atoms. The predicted octanol–water partition coefficient (Wildman–Crippen LogP) is 17.9. The SMILES string of the molecule is CCCCCCCCCC/C=C/CC/C=C/CC/C=C/C(O)C(COP(=O)([O-])OCC[N+](C)(C)C)NC(=O)CCCCCCCCCCCCCCCCCCCCCCCCCCCCCCCC.